The Kier molecular flexibility index (Phi) is 5.79. The third kappa shape index (κ3) is 4.26. The molecule has 1 aromatic rings. The quantitative estimate of drug-likeness (QED) is 0.473. The number of carbonyl (C=O) groups excluding carboxylic acids is 1. The van der Waals surface area contributed by atoms with Gasteiger partial charge in [-0.3, -0.25) is 0 Å². The summed E-state index contributed by atoms with van der Waals surface area (Å²) in [5.41, 5.74) is 2.63. The Morgan fingerprint density at radius 2 is 2.00 bits per heavy atom. The van der Waals surface area contributed by atoms with Crippen molar-refractivity contribution in [1.29, 1.82) is 0 Å². The van der Waals surface area contributed by atoms with Gasteiger partial charge in [-0.2, -0.15) is 11.4 Å². The topological polar surface area (TPSA) is 59.7 Å². The van der Waals surface area contributed by atoms with E-state index in [-0.39, 0.29) is 6.61 Å². The van der Waals surface area contributed by atoms with E-state index >= 15 is 0 Å². The second-order valence-electron chi connectivity index (χ2n) is 4.26. The van der Waals surface area contributed by atoms with Crippen LogP contribution >= 0.6 is 0 Å². The van der Waals surface area contributed by atoms with E-state index in [4.69, 9.17) is 18.0 Å². The molecule has 0 unspecified atom stereocenters. The van der Waals surface area contributed by atoms with Crippen molar-refractivity contribution in [3.63, 3.8) is 0 Å². The largest absolute Gasteiger partial charge is 0.391 e. The zero-order valence-corrected chi connectivity index (χ0v) is 12.0. The monoisotopic (exact) mass is 282 g/mol. The molecule has 0 heterocycles. The zero-order valence-electron chi connectivity index (χ0n) is 12.0. The lowest BCUT2D eigenvalue weighted by atomic mass is 10.0. The first kappa shape index (κ1) is 16.1. The minimum Gasteiger partial charge on any atom is -0.391 e. The first-order valence-corrected chi connectivity index (χ1v) is 6.09. The van der Waals surface area contributed by atoms with E-state index < -0.39 is 5.91 Å². The fourth-order valence-electron chi connectivity index (χ4n) is 1.62. The normalized spacial score (nSPS) is 11.5. The number of rotatable bonds is 5. The maximum atomic E-state index is 11.6. The molecule has 6 nitrogen and oxygen atoms in total. The molecule has 0 bridgehead atoms. The molecule has 0 spiro atoms. The highest BCUT2D eigenvalue weighted by molar-refractivity contribution is 6.40. The molecule has 0 N–H and O–H groups in total. The van der Waals surface area contributed by atoms with E-state index in [1.54, 1.807) is 39.0 Å². The van der Waals surface area contributed by atoms with Crippen molar-refractivity contribution < 1.29 is 9.63 Å². The molecule has 0 aliphatic carbocycles. The van der Waals surface area contributed by atoms with Crippen LogP contribution in [-0.4, -0.2) is 17.3 Å². The van der Waals surface area contributed by atoms with Crippen LogP contribution in [0.15, 0.2) is 28.5 Å². The van der Waals surface area contributed by atoms with Gasteiger partial charge in [-0.25, -0.2) is 0 Å². The van der Waals surface area contributed by atoms with E-state index in [1.165, 1.54) is 0 Å². The molecule has 21 heavy (non-hydrogen) atoms. The van der Waals surface area contributed by atoms with Crippen molar-refractivity contribution in [2.45, 2.75) is 27.4 Å². The number of oxime groups is 1. The Bertz CT molecular complexity index is 691. The number of hydrogen-bond acceptors (Lipinski definition) is 4. The summed E-state index contributed by atoms with van der Waals surface area (Å²) in [5.74, 6) is -0.613. The van der Waals surface area contributed by atoms with Gasteiger partial charge in [-0.05, 0) is 26.3 Å². The Morgan fingerprint density at radius 1 is 1.29 bits per heavy atom. The Balaban J connectivity index is 2.92. The van der Waals surface area contributed by atoms with Crippen molar-refractivity contribution in [1.82, 2.24) is 0 Å². The van der Waals surface area contributed by atoms with Gasteiger partial charge in [0.25, 0.3) is 0 Å². The summed E-state index contributed by atoms with van der Waals surface area (Å²) in [6, 6.07) is 5.27. The first-order chi connectivity index (χ1) is 10.0. The molecule has 1 aromatic carbocycles. The van der Waals surface area contributed by atoms with Gasteiger partial charge in [0, 0.05) is 5.56 Å². The fraction of sp³-hybridized carbons (Fsp3) is 0.267. The molecular weight excluding hydrogens is 268 g/mol. The van der Waals surface area contributed by atoms with Crippen LogP contribution in [0.5, 0.6) is 0 Å². The second-order valence-corrected chi connectivity index (χ2v) is 4.26. The van der Waals surface area contributed by atoms with Crippen LogP contribution in [0.3, 0.4) is 0 Å². The molecule has 0 fully saturated rings. The van der Waals surface area contributed by atoms with Crippen LogP contribution in [0.2, 0.25) is 0 Å². The highest BCUT2D eigenvalue weighted by Gasteiger charge is 2.14. The fourth-order valence-corrected chi connectivity index (χ4v) is 1.62. The number of amides is 1. The van der Waals surface area contributed by atoms with Gasteiger partial charge >= 0.3 is 5.91 Å². The van der Waals surface area contributed by atoms with E-state index in [0.29, 0.717) is 22.6 Å². The van der Waals surface area contributed by atoms with Crippen LogP contribution in [0, 0.1) is 20.1 Å². The SMILES string of the molecule is [C-]#[N+]/N=C(C)\C(C)=N/OCc1cccc(C)c1C(=O)[N+]#[C-]. The van der Waals surface area contributed by atoms with Gasteiger partial charge in [0.05, 0.1) is 11.7 Å². The van der Waals surface area contributed by atoms with Gasteiger partial charge in [-0.1, -0.05) is 28.9 Å². The van der Waals surface area contributed by atoms with Crippen molar-refractivity contribution in [2.75, 3.05) is 0 Å². The molecule has 0 aliphatic heterocycles. The van der Waals surface area contributed by atoms with Gasteiger partial charge in [0.2, 0.25) is 0 Å². The zero-order chi connectivity index (χ0) is 15.8. The van der Waals surface area contributed by atoms with Crippen LogP contribution in [-0.2, 0) is 11.4 Å². The maximum absolute atomic E-state index is 11.6. The lowest BCUT2D eigenvalue weighted by molar-refractivity contribution is 0.103. The third-order valence-corrected chi connectivity index (χ3v) is 2.82. The predicted molar refractivity (Wildman–Crippen MR) is 79.7 cm³/mol. The van der Waals surface area contributed by atoms with Gasteiger partial charge in [-0.15, -0.1) is 4.95 Å². The van der Waals surface area contributed by atoms with Gasteiger partial charge < -0.3 is 9.63 Å². The number of aryl methyl sites for hydroxylation is 1. The number of benzene rings is 1. The molecule has 0 saturated carbocycles. The molecule has 0 aromatic heterocycles. The minimum absolute atomic E-state index is 0.0703. The van der Waals surface area contributed by atoms with E-state index in [1.807, 2.05) is 0 Å². The number of carbonyl (C=O) groups is 1. The summed E-state index contributed by atoms with van der Waals surface area (Å²) in [6.45, 7) is 18.6. The number of hydrogen-bond donors (Lipinski definition) is 0. The molecule has 0 radical (unpaired) electrons. The van der Waals surface area contributed by atoms with Crippen LogP contribution in [0.25, 0.3) is 9.80 Å². The van der Waals surface area contributed by atoms with Crippen molar-refractivity contribution in [3.8, 4) is 0 Å². The molecule has 0 atom stereocenters. The van der Waals surface area contributed by atoms with Crippen molar-refractivity contribution in [3.05, 3.63) is 57.8 Å². The summed E-state index contributed by atoms with van der Waals surface area (Å²) < 4.78 is 0. The summed E-state index contributed by atoms with van der Waals surface area (Å²) in [6.07, 6.45) is 0. The first-order valence-electron chi connectivity index (χ1n) is 6.09. The summed E-state index contributed by atoms with van der Waals surface area (Å²) in [4.78, 5) is 22.7. The summed E-state index contributed by atoms with van der Waals surface area (Å²) in [5, 5.41) is 7.37. The van der Waals surface area contributed by atoms with E-state index in [9.17, 15) is 4.79 Å². The Hall–Kier alpha value is -2.99. The molecular formula is C15H14N4O2. The van der Waals surface area contributed by atoms with Crippen molar-refractivity contribution >= 4 is 17.3 Å². The molecule has 1 amide bonds. The van der Waals surface area contributed by atoms with Gasteiger partial charge in [0.15, 0.2) is 0 Å². The molecule has 1 rings (SSSR count). The Labute approximate surface area is 123 Å². The lowest BCUT2D eigenvalue weighted by Gasteiger charge is -2.08. The lowest BCUT2D eigenvalue weighted by Crippen LogP contribution is -2.07. The van der Waals surface area contributed by atoms with Crippen LogP contribution in [0.4, 0.5) is 0 Å². The smallest absolute Gasteiger partial charge is 0.386 e. The highest BCUT2D eigenvalue weighted by Crippen LogP contribution is 2.16. The second kappa shape index (κ2) is 7.56. The summed E-state index contributed by atoms with van der Waals surface area (Å²) in [7, 11) is 0. The molecule has 0 saturated heterocycles. The van der Waals surface area contributed by atoms with Crippen molar-refractivity contribution in [2.24, 2.45) is 10.3 Å². The maximum Gasteiger partial charge on any atom is 0.386 e. The number of nitrogens with zero attached hydrogens (tertiary/aromatic N) is 4. The average Bonchev–Trinajstić information content (AvgIpc) is 2.46. The average molecular weight is 282 g/mol. The highest BCUT2D eigenvalue weighted by atomic mass is 16.6. The molecule has 106 valence electrons. The van der Waals surface area contributed by atoms with Crippen LogP contribution in [0.1, 0.15) is 35.3 Å². The molecule has 6 heteroatoms. The van der Waals surface area contributed by atoms with E-state index in [2.05, 4.69) is 20.1 Å². The Morgan fingerprint density at radius 3 is 2.62 bits per heavy atom. The minimum atomic E-state index is -0.613. The predicted octanol–water partition coefficient (Wildman–Crippen LogP) is 3.24. The summed E-state index contributed by atoms with van der Waals surface area (Å²) >= 11 is 0. The van der Waals surface area contributed by atoms with E-state index in [0.717, 1.165) is 5.56 Å². The standard InChI is InChI=1S/C15H14N4O2/c1-10-7-6-8-13(14(10)15(20)16-4)9-21-19-12(3)11(2)18-17-5/h6-8H,9H2,1-3H3/b18-11-,19-12-. The molecule has 0 aliphatic rings. The third-order valence-electron chi connectivity index (χ3n) is 2.82. The van der Waals surface area contributed by atoms with Crippen LogP contribution < -0.4 is 0 Å². The van der Waals surface area contributed by atoms with Gasteiger partial charge in [0.1, 0.15) is 18.0 Å².